The zero-order valence-corrected chi connectivity index (χ0v) is 10.5. The molecule has 1 unspecified atom stereocenters. The maximum absolute atomic E-state index is 10.8. The third-order valence-electron chi connectivity index (χ3n) is 1.20. The monoisotopic (exact) mass is 242 g/mol. The van der Waals surface area contributed by atoms with Gasteiger partial charge in [0.1, 0.15) is 5.38 Å². The van der Waals surface area contributed by atoms with Crippen molar-refractivity contribution in [3.05, 3.63) is 0 Å². The lowest BCUT2D eigenvalue weighted by atomic mass is 10.5. The molecule has 1 N–H and O–H groups in total. The molecule has 5 heteroatoms. The molecule has 0 heterocycles. The van der Waals surface area contributed by atoms with Crippen LogP contribution in [0, 0.1) is 0 Å². The summed E-state index contributed by atoms with van der Waals surface area (Å²) in [5, 5.41) is 7.10. The molecule has 0 saturated heterocycles. The summed E-state index contributed by atoms with van der Waals surface area (Å²) in [6.07, 6.45) is 2.10. The molecule has 0 spiro atoms. The van der Waals surface area contributed by atoms with Gasteiger partial charge >= 0.3 is 5.97 Å². The van der Waals surface area contributed by atoms with Gasteiger partial charge in [0.2, 0.25) is 0 Å². The lowest BCUT2D eigenvalue weighted by Gasteiger charge is -1.93. The second-order valence-corrected chi connectivity index (χ2v) is 5.15. The molecule has 0 radical (unpaired) electrons. The van der Waals surface area contributed by atoms with Crippen LogP contribution in [-0.4, -0.2) is 32.2 Å². The highest BCUT2D eigenvalue weighted by atomic mass is 35.5. The second-order valence-electron chi connectivity index (χ2n) is 2.80. The van der Waals surface area contributed by atoms with Gasteiger partial charge in [-0.3, -0.25) is 9.00 Å². The van der Waals surface area contributed by atoms with E-state index in [1.54, 1.807) is 0 Å². The molecule has 0 saturated carbocycles. The van der Waals surface area contributed by atoms with Crippen LogP contribution in [0.5, 0.6) is 0 Å². The van der Waals surface area contributed by atoms with Crippen molar-refractivity contribution in [2.24, 2.45) is 0 Å². The lowest BCUT2D eigenvalue weighted by Crippen LogP contribution is -2.06. The average Bonchev–Trinajstić information content (AvgIpc) is 2.06. The van der Waals surface area contributed by atoms with E-state index in [0.29, 0.717) is 0 Å². The van der Waals surface area contributed by atoms with Gasteiger partial charge < -0.3 is 5.11 Å². The molecule has 0 aliphatic carbocycles. The summed E-state index contributed by atoms with van der Waals surface area (Å²) in [7, 11) is -0.520. The summed E-state index contributed by atoms with van der Waals surface area (Å²) in [5.41, 5.74) is 0. The van der Waals surface area contributed by atoms with Gasteiger partial charge in [-0.2, -0.15) is 0 Å². The van der Waals surface area contributed by atoms with Crippen molar-refractivity contribution < 1.29 is 14.1 Å². The fraction of sp³-hybridized carbons (Fsp3) is 0.889. The Morgan fingerprint density at radius 2 is 1.64 bits per heavy atom. The van der Waals surface area contributed by atoms with Crippen LogP contribution in [0.1, 0.15) is 33.6 Å². The Bertz CT molecular complexity index is 163. The van der Waals surface area contributed by atoms with E-state index in [4.69, 9.17) is 16.7 Å². The zero-order valence-electron chi connectivity index (χ0n) is 8.96. The van der Waals surface area contributed by atoms with E-state index in [1.165, 1.54) is 6.92 Å². The summed E-state index contributed by atoms with van der Waals surface area (Å²) in [4.78, 5) is 9.57. The standard InChI is InChI=1S/C6H14OS.C3H5ClO2/c1-3-5-8(7)6-4-2;1-2(4)3(5)6/h3-6H2,1-2H3;2H,1H3,(H,5,6). The van der Waals surface area contributed by atoms with Crippen LogP contribution in [0.15, 0.2) is 0 Å². The molecule has 0 aromatic carbocycles. The van der Waals surface area contributed by atoms with E-state index >= 15 is 0 Å². The molecule has 0 amide bonds. The summed E-state index contributed by atoms with van der Waals surface area (Å²) >= 11 is 5.01. The number of halogens is 1. The maximum atomic E-state index is 10.8. The number of aliphatic carboxylic acids is 1. The SMILES string of the molecule is CC(Cl)C(=O)O.CCCS(=O)CCC. The fourth-order valence-electron chi connectivity index (χ4n) is 0.557. The normalized spacial score (nSPS) is 11.8. The third kappa shape index (κ3) is 14.4. The summed E-state index contributed by atoms with van der Waals surface area (Å²) in [5.74, 6) is 0.790. The Labute approximate surface area is 93.3 Å². The number of carboxylic acid groups (broad SMARTS) is 1. The lowest BCUT2D eigenvalue weighted by molar-refractivity contribution is -0.136. The van der Waals surface area contributed by atoms with E-state index in [0.717, 1.165) is 24.3 Å². The van der Waals surface area contributed by atoms with Gasteiger partial charge in [-0.25, -0.2) is 0 Å². The first-order valence-corrected chi connectivity index (χ1v) is 6.59. The molecule has 86 valence electrons. The van der Waals surface area contributed by atoms with Crippen LogP contribution in [0.3, 0.4) is 0 Å². The Kier molecular flexibility index (Phi) is 12.8. The quantitative estimate of drug-likeness (QED) is 0.753. The van der Waals surface area contributed by atoms with Crippen molar-refractivity contribution in [2.75, 3.05) is 11.5 Å². The summed E-state index contributed by atoms with van der Waals surface area (Å²) in [6.45, 7) is 5.53. The van der Waals surface area contributed by atoms with Crippen LogP contribution in [-0.2, 0) is 15.6 Å². The molecule has 0 aromatic rings. The molecule has 0 aliphatic rings. The van der Waals surface area contributed by atoms with Crippen molar-refractivity contribution in [1.82, 2.24) is 0 Å². The van der Waals surface area contributed by atoms with Crippen LogP contribution in [0.4, 0.5) is 0 Å². The minimum Gasteiger partial charge on any atom is -0.480 e. The van der Waals surface area contributed by atoms with Crippen molar-refractivity contribution in [3.8, 4) is 0 Å². The van der Waals surface area contributed by atoms with E-state index in [1.807, 2.05) is 0 Å². The minimum absolute atomic E-state index is 0.520. The number of hydrogen-bond donors (Lipinski definition) is 1. The highest BCUT2D eigenvalue weighted by molar-refractivity contribution is 7.84. The number of alkyl halides is 1. The molecular weight excluding hydrogens is 224 g/mol. The highest BCUT2D eigenvalue weighted by Gasteiger charge is 2.02. The number of carbonyl (C=O) groups is 1. The topological polar surface area (TPSA) is 54.4 Å². The first-order chi connectivity index (χ1) is 6.45. The Hall–Kier alpha value is -0.0900. The van der Waals surface area contributed by atoms with Crippen molar-refractivity contribution in [1.29, 1.82) is 0 Å². The number of carboxylic acids is 1. The highest BCUT2D eigenvalue weighted by Crippen LogP contribution is 1.89. The smallest absolute Gasteiger partial charge is 0.321 e. The van der Waals surface area contributed by atoms with Gasteiger partial charge in [0.05, 0.1) is 0 Å². The van der Waals surface area contributed by atoms with Crippen LogP contribution < -0.4 is 0 Å². The van der Waals surface area contributed by atoms with Crippen molar-refractivity contribution in [2.45, 2.75) is 39.0 Å². The molecule has 0 fully saturated rings. The van der Waals surface area contributed by atoms with E-state index in [2.05, 4.69) is 13.8 Å². The molecule has 1 atom stereocenters. The second kappa shape index (κ2) is 11.0. The summed E-state index contributed by atoms with van der Waals surface area (Å²) in [6, 6.07) is 0. The minimum atomic E-state index is -0.975. The van der Waals surface area contributed by atoms with Crippen molar-refractivity contribution >= 4 is 28.4 Å². The zero-order chi connectivity index (χ0) is 11.6. The number of rotatable bonds is 5. The van der Waals surface area contributed by atoms with Gasteiger partial charge in [-0.05, 0) is 19.8 Å². The first kappa shape index (κ1) is 16.3. The van der Waals surface area contributed by atoms with Crippen LogP contribution in [0.2, 0.25) is 0 Å². The van der Waals surface area contributed by atoms with E-state index < -0.39 is 22.1 Å². The van der Waals surface area contributed by atoms with Gasteiger partial charge in [0.25, 0.3) is 0 Å². The molecular formula is C9H19ClO3S. The van der Waals surface area contributed by atoms with E-state index in [9.17, 15) is 9.00 Å². The molecule has 0 aliphatic heterocycles. The Morgan fingerprint density at radius 1 is 1.36 bits per heavy atom. The first-order valence-electron chi connectivity index (χ1n) is 4.67. The third-order valence-corrected chi connectivity index (χ3v) is 3.12. The molecule has 14 heavy (non-hydrogen) atoms. The van der Waals surface area contributed by atoms with Crippen LogP contribution >= 0.6 is 11.6 Å². The van der Waals surface area contributed by atoms with Crippen molar-refractivity contribution in [3.63, 3.8) is 0 Å². The fourth-order valence-corrected chi connectivity index (χ4v) is 1.67. The Morgan fingerprint density at radius 3 is 1.79 bits per heavy atom. The average molecular weight is 243 g/mol. The largest absolute Gasteiger partial charge is 0.480 e. The van der Waals surface area contributed by atoms with Crippen LogP contribution in [0.25, 0.3) is 0 Å². The molecule has 0 aromatic heterocycles. The Balaban J connectivity index is 0. The predicted octanol–water partition coefficient (Wildman–Crippen LogP) is 2.25. The van der Waals surface area contributed by atoms with Gasteiger partial charge in [-0.1, -0.05) is 13.8 Å². The van der Waals surface area contributed by atoms with Gasteiger partial charge in [-0.15, -0.1) is 11.6 Å². The molecule has 0 bridgehead atoms. The summed E-state index contributed by atoms with van der Waals surface area (Å²) < 4.78 is 10.8. The van der Waals surface area contributed by atoms with Gasteiger partial charge in [0, 0.05) is 22.3 Å². The number of hydrogen-bond acceptors (Lipinski definition) is 2. The van der Waals surface area contributed by atoms with Gasteiger partial charge in [0.15, 0.2) is 0 Å². The predicted molar refractivity (Wildman–Crippen MR) is 61.4 cm³/mol. The van der Waals surface area contributed by atoms with E-state index in [-0.39, 0.29) is 0 Å². The molecule has 3 nitrogen and oxygen atoms in total. The maximum Gasteiger partial charge on any atom is 0.321 e. The molecule has 0 rings (SSSR count).